The Bertz CT molecular complexity index is 1100. The van der Waals surface area contributed by atoms with Gasteiger partial charge in [0.05, 0.1) is 17.6 Å². The molecule has 2 atom stereocenters. The van der Waals surface area contributed by atoms with Gasteiger partial charge in [0.2, 0.25) is 5.91 Å². The Labute approximate surface area is 205 Å². The molecule has 0 aliphatic heterocycles. The Hall–Kier alpha value is -2.90. The van der Waals surface area contributed by atoms with Crippen LogP contribution in [0.15, 0.2) is 42.6 Å². The highest BCUT2D eigenvalue weighted by molar-refractivity contribution is 5.81. The van der Waals surface area contributed by atoms with Gasteiger partial charge in [-0.2, -0.15) is 13.2 Å². The number of carbonyl (C=O) groups is 1. The van der Waals surface area contributed by atoms with Crippen molar-refractivity contribution in [1.82, 2.24) is 9.88 Å². The molecule has 2 aliphatic rings. The number of nitrogens with zero attached hydrogens (tertiary/aromatic N) is 3. The molecular formula is C27H34F3N4O+. The molecule has 5 nitrogen and oxygen atoms in total. The van der Waals surface area contributed by atoms with Crippen LogP contribution in [0.4, 0.5) is 18.9 Å². The van der Waals surface area contributed by atoms with Crippen molar-refractivity contribution in [3.05, 3.63) is 59.4 Å². The normalized spacial score (nSPS) is 23.6. The molecule has 1 saturated carbocycles. The first-order valence-corrected chi connectivity index (χ1v) is 12.0. The van der Waals surface area contributed by atoms with Crippen molar-refractivity contribution in [1.29, 1.82) is 0 Å². The molecular weight excluding hydrogens is 453 g/mol. The summed E-state index contributed by atoms with van der Waals surface area (Å²) in [5.74, 6) is -0.644. The number of benzene rings is 1. The van der Waals surface area contributed by atoms with Gasteiger partial charge < -0.3 is 10.2 Å². The smallest absolute Gasteiger partial charge is 0.380 e. The number of hydrogen-bond donors (Lipinski definition) is 1. The zero-order valence-corrected chi connectivity index (χ0v) is 20.9. The van der Waals surface area contributed by atoms with Gasteiger partial charge >= 0.3 is 6.18 Å². The number of halogens is 3. The van der Waals surface area contributed by atoms with E-state index in [9.17, 15) is 18.0 Å². The Balaban J connectivity index is 1.47. The van der Waals surface area contributed by atoms with Gasteiger partial charge in [-0.25, -0.2) is 4.58 Å². The number of anilines is 1. The monoisotopic (exact) mass is 487 g/mol. The molecule has 1 aromatic heterocycles. The number of fused-ring (bicyclic) bond motifs is 1. The fourth-order valence-electron chi connectivity index (χ4n) is 5.48. The largest absolute Gasteiger partial charge is 0.414 e. The molecule has 1 amide bonds. The number of aromatic nitrogens is 1. The van der Waals surface area contributed by atoms with E-state index >= 15 is 0 Å². The summed E-state index contributed by atoms with van der Waals surface area (Å²) in [6, 6.07) is 9.32. The van der Waals surface area contributed by atoms with Crippen molar-refractivity contribution in [3.63, 3.8) is 0 Å². The molecule has 1 unspecified atom stereocenters. The lowest BCUT2D eigenvalue weighted by Gasteiger charge is -2.37. The van der Waals surface area contributed by atoms with E-state index in [1.165, 1.54) is 30.4 Å². The lowest BCUT2D eigenvalue weighted by atomic mass is 9.74. The SMILES string of the molecule is CN(C(=O)C1CC(C=[N+](C)C)C1)[C@@H](c1ccc(NC2Cc3ccccc3C2(C)C)cn1)C(F)(F)F. The molecule has 0 saturated heterocycles. The molecule has 188 valence electrons. The summed E-state index contributed by atoms with van der Waals surface area (Å²) in [7, 11) is 5.03. The number of carbonyl (C=O) groups excluding carboxylic acids is 1. The van der Waals surface area contributed by atoms with E-state index in [1.807, 2.05) is 37.0 Å². The van der Waals surface area contributed by atoms with Gasteiger partial charge in [-0.1, -0.05) is 38.1 Å². The summed E-state index contributed by atoms with van der Waals surface area (Å²) >= 11 is 0. The number of amides is 1. The first kappa shape index (κ1) is 25.2. The highest BCUT2D eigenvalue weighted by Crippen LogP contribution is 2.42. The van der Waals surface area contributed by atoms with E-state index in [2.05, 4.69) is 36.3 Å². The molecule has 8 heteroatoms. The fraction of sp³-hybridized carbons (Fsp3) is 0.519. The third-order valence-electron chi connectivity index (χ3n) is 7.49. The van der Waals surface area contributed by atoms with E-state index in [4.69, 9.17) is 0 Å². The highest BCUT2D eigenvalue weighted by Gasteiger charge is 2.49. The summed E-state index contributed by atoms with van der Waals surface area (Å²) in [4.78, 5) is 17.8. The predicted octanol–water partition coefficient (Wildman–Crippen LogP) is 4.83. The van der Waals surface area contributed by atoms with Gasteiger partial charge in [-0.05, 0) is 42.5 Å². The number of nitrogens with one attached hydrogen (secondary N) is 1. The van der Waals surface area contributed by atoms with Crippen molar-refractivity contribution in [2.45, 2.75) is 56.8 Å². The van der Waals surface area contributed by atoms with Crippen molar-refractivity contribution in [3.8, 4) is 0 Å². The Morgan fingerprint density at radius 2 is 1.89 bits per heavy atom. The average Bonchev–Trinajstić information content (AvgIpc) is 3.00. The Morgan fingerprint density at radius 1 is 1.20 bits per heavy atom. The molecule has 1 fully saturated rings. The van der Waals surface area contributed by atoms with Crippen LogP contribution >= 0.6 is 0 Å². The van der Waals surface area contributed by atoms with Crippen LogP contribution in [0.2, 0.25) is 0 Å². The minimum atomic E-state index is -4.62. The average molecular weight is 488 g/mol. The van der Waals surface area contributed by atoms with E-state index in [0.717, 1.165) is 11.3 Å². The van der Waals surface area contributed by atoms with Crippen LogP contribution in [0.1, 0.15) is 49.6 Å². The van der Waals surface area contributed by atoms with Gasteiger partial charge in [-0.3, -0.25) is 9.78 Å². The number of hydrogen-bond acceptors (Lipinski definition) is 3. The lowest BCUT2D eigenvalue weighted by molar-refractivity contribution is -0.462. The predicted molar refractivity (Wildman–Crippen MR) is 131 cm³/mol. The second-order valence-corrected chi connectivity index (χ2v) is 10.7. The Kier molecular flexibility index (Phi) is 6.68. The van der Waals surface area contributed by atoms with Crippen LogP contribution in [-0.2, 0) is 16.6 Å². The third kappa shape index (κ3) is 5.07. The van der Waals surface area contributed by atoms with Gasteiger partial charge in [-0.15, -0.1) is 0 Å². The number of pyridine rings is 1. The zero-order chi connectivity index (χ0) is 25.5. The van der Waals surface area contributed by atoms with Crippen molar-refractivity contribution in [2.75, 3.05) is 26.5 Å². The highest BCUT2D eigenvalue weighted by atomic mass is 19.4. The second-order valence-electron chi connectivity index (χ2n) is 10.7. The fourth-order valence-corrected chi connectivity index (χ4v) is 5.48. The summed E-state index contributed by atoms with van der Waals surface area (Å²) in [5, 5.41) is 3.46. The van der Waals surface area contributed by atoms with E-state index in [-0.39, 0.29) is 23.1 Å². The molecule has 0 radical (unpaired) electrons. The molecule has 1 heterocycles. The van der Waals surface area contributed by atoms with E-state index in [1.54, 1.807) is 6.07 Å². The van der Waals surface area contributed by atoms with Crippen LogP contribution < -0.4 is 5.32 Å². The number of alkyl halides is 3. The molecule has 2 aromatic rings. The van der Waals surface area contributed by atoms with Crippen LogP contribution in [0.5, 0.6) is 0 Å². The molecule has 35 heavy (non-hydrogen) atoms. The first-order valence-electron chi connectivity index (χ1n) is 12.0. The van der Waals surface area contributed by atoms with Crippen LogP contribution in [-0.4, -0.2) is 59.9 Å². The van der Waals surface area contributed by atoms with Crippen LogP contribution in [0, 0.1) is 11.8 Å². The topological polar surface area (TPSA) is 48.2 Å². The Morgan fingerprint density at radius 3 is 2.46 bits per heavy atom. The second kappa shape index (κ2) is 9.28. The lowest BCUT2D eigenvalue weighted by Crippen LogP contribution is -2.46. The number of rotatable bonds is 6. The van der Waals surface area contributed by atoms with Crippen molar-refractivity contribution < 1.29 is 22.5 Å². The van der Waals surface area contributed by atoms with Gasteiger partial charge in [0, 0.05) is 30.3 Å². The molecule has 1 N–H and O–H groups in total. The van der Waals surface area contributed by atoms with Crippen LogP contribution in [0.25, 0.3) is 0 Å². The summed E-state index contributed by atoms with van der Waals surface area (Å²) < 4.78 is 44.1. The minimum absolute atomic E-state index is 0.0979. The van der Waals surface area contributed by atoms with E-state index < -0.39 is 24.0 Å². The third-order valence-corrected chi connectivity index (χ3v) is 7.49. The summed E-state index contributed by atoms with van der Waals surface area (Å²) in [6.07, 6.45) is 0.796. The van der Waals surface area contributed by atoms with Gasteiger partial charge in [0.25, 0.3) is 0 Å². The maximum atomic E-state index is 14.1. The maximum Gasteiger partial charge on any atom is 0.414 e. The maximum absolute atomic E-state index is 14.1. The quantitative estimate of drug-likeness (QED) is 0.469. The van der Waals surface area contributed by atoms with E-state index in [0.29, 0.717) is 18.5 Å². The summed E-state index contributed by atoms with van der Waals surface area (Å²) in [6.45, 7) is 4.33. The summed E-state index contributed by atoms with van der Waals surface area (Å²) in [5.41, 5.74) is 2.92. The molecule has 2 aliphatic carbocycles. The van der Waals surface area contributed by atoms with Gasteiger partial charge in [0.15, 0.2) is 6.04 Å². The van der Waals surface area contributed by atoms with Gasteiger partial charge in [0.1, 0.15) is 20.3 Å². The van der Waals surface area contributed by atoms with Crippen LogP contribution in [0.3, 0.4) is 0 Å². The molecule has 0 bridgehead atoms. The molecule has 1 aromatic carbocycles. The van der Waals surface area contributed by atoms with Crippen molar-refractivity contribution in [2.24, 2.45) is 11.8 Å². The zero-order valence-electron chi connectivity index (χ0n) is 20.9. The first-order chi connectivity index (χ1) is 16.4. The molecule has 0 spiro atoms. The standard InChI is InChI=1S/C27H34F3N4O/c1-26(2)21-9-7-6-8-18(21)14-23(26)32-20-10-11-22(31-15-20)24(27(28,29)30)34(5)25(35)19-12-17(13-19)16-33(3)4/h6-11,15-17,19,23-24,32H,12-14H2,1-5H3/q+1/t17?,19?,23?,24-/m0/s1. The molecule has 4 rings (SSSR count). The minimum Gasteiger partial charge on any atom is -0.380 e. The van der Waals surface area contributed by atoms with Crippen molar-refractivity contribution >= 4 is 17.8 Å².